The van der Waals surface area contributed by atoms with Crippen molar-refractivity contribution in [3.05, 3.63) is 77.4 Å². The summed E-state index contributed by atoms with van der Waals surface area (Å²) in [6.45, 7) is 2.13. The molecule has 0 atom stereocenters. The fourth-order valence-electron chi connectivity index (χ4n) is 2.25. The van der Waals surface area contributed by atoms with Crippen molar-refractivity contribution in [1.29, 1.82) is 0 Å². The number of hydrogen-bond acceptors (Lipinski definition) is 4. The standard InChI is InChI=1S/C20H20O4/c1-3-16(17-9-11-18(12-10-17)20(22)23-2)13-19(21)24-14-15-7-5-4-6-8-15/h3-12H,13-14H2,1-2H3/b16-3-. The molecule has 24 heavy (non-hydrogen) atoms. The van der Waals surface area contributed by atoms with Gasteiger partial charge in [-0.05, 0) is 35.8 Å². The lowest BCUT2D eigenvalue weighted by Gasteiger charge is -2.09. The number of hydrogen-bond donors (Lipinski definition) is 0. The lowest BCUT2D eigenvalue weighted by molar-refractivity contribution is -0.143. The number of allylic oxidation sites excluding steroid dienone is 1. The normalized spacial score (nSPS) is 11.0. The molecule has 0 saturated carbocycles. The van der Waals surface area contributed by atoms with Gasteiger partial charge in [0.2, 0.25) is 0 Å². The summed E-state index contributed by atoms with van der Waals surface area (Å²) in [6.07, 6.45) is 2.05. The van der Waals surface area contributed by atoms with Gasteiger partial charge in [0.05, 0.1) is 19.1 Å². The van der Waals surface area contributed by atoms with Gasteiger partial charge in [0.15, 0.2) is 0 Å². The maximum atomic E-state index is 12.0. The Balaban J connectivity index is 1.96. The van der Waals surface area contributed by atoms with Gasteiger partial charge in [-0.1, -0.05) is 48.5 Å². The van der Waals surface area contributed by atoms with E-state index < -0.39 is 0 Å². The van der Waals surface area contributed by atoms with Crippen LogP contribution in [0.4, 0.5) is 0 Å². The Morgan fingerprint density at radius 3 is 2.17 bits per heavy atom. The summed E-state index contributed by atoms with van der Waals surface area (Å²) in [6, 6.07) is 16.5. The molecule has 0 bridgehead atoms. The molecule has 2 aromatic rings. The molecule has 0 N–H and O–H groups in total. The monoisotopic (exact) mass is 324 g/mol. The van der Waals surface area contributed by atoms with Crippen molar-refractivity contribution in [3.8, 4) is 0 Å². The average molecular weight is 324 g/mol. The van der Waals surface area contributed by atoms with Gasteiger partial charge in [-0.2, -0.15) is 0 Å². The Labute approximate surface area is 141 Å². The van der Waals surface area contributed by atoms with Crippen LogP contribution in [-0.2, 0) is 20.9 Å². The van der Waals surface area contributed by atoms with Crippen molar-refractivity contribution in [2.75, 3.05) is 7.11 Å². The second kappa shape index (κ2) is 8.67. The van der Waals surface area contributed by atoms with Crippen LogP contribution >= 0.6 is 0 Å². The molecule has 0 amide bonds. The molecule has 4 nitrogen and oxygen atoms in total. The van der Waals surface area contributed by atoms with E-state index >= 15 is 0 Å². The highest BCUT2D eigenvalue weighted by Crippen LogP contribution is 2.20. The Kier molecular flexibility index (Phi) is 6.32. The first kappa shape index (κ1) is 17.5. The average Bonchev–Trinajstić information content (AvgIpc) is 2.64. The predicted octanol–water partition coefficient (Wildman–Crippen LogP) is 4.01. The zero-order valence-corrected chi connectivity index (χ0v) is 13.8. The Bertz CT molecular complexity index is 715. The second-order valence-electron chi connectivity index (χ2n) is 5.21. The van der Waals surface area contributed by atoms with Crippen LogP contribution in [-0.4, -0.2) is 19.0 Å². The summed E-state index contributed by atoms with van der Waals surface area (Å²) >= 11 is 0. The molecule has 0 unspecified atom stereocenters. The Hall–Kier alpha value is -2.88. The molecule has 0 fully saturated rings. The Morgan fingerprint density at radius 2 is 1.58 bits per heavy atom. The van der Waals surface area contributed by atoms with Crippen LogP contribution in [0.3, 0.4) is 0 Å². The number of ether oxygens (including phenoxy) is 2. The summed E-state index contributed by atoms with van der Waals surface area (Å²) in [7, 11) is 1.34. The van der Waals surface area contributed by atoms with Crippen LogP contribution in [0.1, 0.15) is 34.8 Å². The molecular formula is C20H20O4. The molecule has 0 heterocycles. The number of rotatable bonds is 6. The summed E-state index contributed by atoms with van der Waals surface area (Å²) in [5, 5.41) is 0. The molecule has 2 aromatic carbocycles. The molecule has 0 radical (unpaired) electrons. The van der Waals surface area contributed by atoms with Gasteiger partial charge in [0, 0.05) is 0 Å². The fourth-order valence-corrected chi connectivity index (χ4v) is 2.25. The van der Waals surface area contributed by atoms with E-state index in [0.717, 1.165) is 16.7 Å². The van der Waals surface area contributed by atoms with Crippen molar-refractivity contribution in [2.24, 2.45) is 0 Å². The highest BCUT2D eigenvalue weighted by atomic mass is 16.5. The van der Waals surface area contributed by atoms with Crippen LogP contribution in [0.25, 0.3) is 5.57 Å². The number of benzene rings is 2. The molecule has 0 spiro atoms. The molecular weight excluding hydrogens is 304 g/mol. The number of carbonyl (C=O) groups excluding carboxylic acids is 2. The van der Waals surface area contributed by atoms with Crippen molar-refractivity contribution < 1.29 is 19.1 Å². The fraction of sp³-hybridized carbons (Fsp3) is 0.200. The first-order valence-electron chi connectivity index (χ1n) is 7.67. The Morgan fingerprint density at radius 1 is 0.958 bits per heavy atom. The van der Waals surface area contributed by atoms with E-state index in [2.05, 4.69) is 4.74 Å². The van der Waals surface area contributed by atoms with Crippen molar-refractivity contribution in [3.63, 3.8) is 0 Å². The van der Waals surface area contributed by atoms with Gasteiger partial charge in [0.1, 0.15) is 6.61 Å². The van der Waals surface area contributed by atoms with Crippen molar-refractivity contribution in [2.45, 2.75) is 20.0 Å². The van der Waals surface area contributed by atoms with Crippen LogP contribution in [0.15, 0.2) is 60.7 Å². The SMILES string of the molecule is C/C=C(/CC(=O)OCc1ccccc1)c1ccc(C(=O)OC)cc1. The second-order valence-corrected chi connectivity index (χ2v) is 5.21. The highest BCUT2D eigenvalue weighted by Gasteiger charge is 2.11. The van der Waals surface area contributed by atoms with E-state index in [9.17, 15) is 9.59 Å². The third-order valence-electron chi connectivity index (χ3n) is 3.60. The largest absolute Gasteiger partial charge is 0.465 e. The molecule has 0 aromatic heterocycles. The number of carbonyl (C=O) groups is 2. The van der Waals surface area contributed by atoms with Crippen molar-refractivity contribution >= 4 is 17.5 Å². The lowest BCUT2D eigenvalue weighted by Crippen LogP contribution is -2.06. The van der Waals surface area contributed by atoms with E-state index in [1.807, 2.05) is 43.3 Å². The third kappa shape index (κ3) is 4.81. The van der Waals surface area contributed by atoms with E-state index in [4.69, 9.17) is 4.74 Å². The molecule has 124 valence electrons. The smallest absolute Gasteiger partial charge is 0.337 e. The summed E-state index contributed by atoms with van der Waals surface area (Å²) in [4.78, 5) is 23.5. The van der Waals surface area contributed by atoms with Crippen LogP contribution in [0.2, 0.25) is 0 Å². The topological polar surface area (TPSA) is 52.6 Å². The predicted molar refractivity (Wildman–Crippen MR) is 92.3 cm³/mol. The first-order chi connectivity index (χ1) is 11.6. The van der Waals surface area contributed by atoms with E-state index in [1.165, 1.54) is 7.11 Å². The van der Waals surface area contributed by atoms with E-state index in [0.29, 0.717) is 5.56 Å². The van der Waals surface area contributed by atoms with Gasteiger partial charge < -0.3 is 9.47 Å². The van der Waals surface area contributed by atoms with E-state index in [1.54, 1.807) is 24.3 Å². The van der Waals surface area contributed by atoms with E-state index in [-0.39, 0.29) is 25.0 Å². The van der Waals surface area contributed by atoms with Gasteiger partial charge >= 0.3 is 11.9 Å². The zero-order valence-electron chi connectivity index (χ0n) is 13.8. The van der Waals surface area contributed by atoms with Gasteiger partial charge in [-0.3, -0.25) is 4.79 Å². The lowest BCUT2D eigenvalue weighted by atomic mass is 10.0. The minimum atomic E-state index is -0.383. The minimum absolute atomic E-state index is 0.181. The quantitative estimate of drug-likeness (QED) is 0.753. The molecule has 0 aliphatic heterocycles. The zero-order chi connectivity index (χ0) is 17.4. The minimum Gasteiger partial charge on any atom is -0.465 e. The van der Waals surface area contributed by atoms with Gasteiger partial charge in [0.25, 0.3) is 0 Å². The van der Waals surface area contributed by atoms with Crippen LogP contribution in [0.5, 0.6) is 0 Å². The number of esters is 2. The molecule has 4 heteroatoms. The van der Waals surface area contributed by atoms with Gasteiger partial charge in [-0.15, -0.1) is 0 Å². The van der Waals surface area contributed by atoms with Crippen LogP contribution < -0.4 is 0 Å². The summed E-state index contributed by atoms with van der Waals surface area (Å²) in [5.41, 5.74) is 3.16. The maximum absolute atomic E-state index is 12.0. The van der Waals surface area contributed by atoms with Crippen LogP contribution in [0, 0.1) is 0 Å². The molecule has 0 saturated heterocycles. The highest BCUT2D eigenvalue weighted by molar-refractivity contribution is 5.90. The molecule has 0 aliphatic rings. The van der Waals surface area contributed by atoms with Crippen molar-refractivity contribution in [1.82, 2.24) is 0 Å². The molecule has 2 rings (SSSR count). The maximum Gasteiger partial charge on any atom is 0.337 e. The van der Waals surface area contributed by atoms with Gasteiger partial charge in [-0.25, -0.2) is 4.79 Å². The number of methoxy groups -OCH3 is 1. The summed E-state index contributed by atoms with van der Waals surface area (Å²) < 4.78 is 9.98. The summed E-state index contributed by atoms with van der Waals surface area (Å²) in [5.74, 6) is -0.671. The third-order valence-corrected chi connectivity index (χ3v) is 3.60. The molecule has 0 aliphatic carbocycles. The first-order valence-corrected chi connectivity index (χ1v) is 7.67.